The second kappa shape index (κ2) is 6.43. The van der Waals surface area contributed by atoms with Gasteiger partial charge in [0.05, 0.1) is 24.2 Å². The second-order valence-electron chi connectivity index (χ2n) is 3.96. The first-order chi connectivity index (χ1) is 7.69. The number of hydrogen-bond acceptors (Lipinski definition) is 4. The molecule has 0 bridgehead atoms. The lowest BCUT2D eigenvalue weighted by Crippen LogP contribution is -2.29. The number of unbranched alkanes of at least 4 members (excludes halogenated alkanes) is 1. The van der Waals surface area contributed by atoms with E-state index < -0.39 is 0 Å². The average Bonchev–Trinajstić information content (AvgIpc) is 2.28. The van der Waals surface area contributed by atoms with E-state index in [-0.39, 0.29) is 6.61 Å². The van der Waals surface area contributed by atoms with E-state index in [9.17, 15) is 0 Å². The van der Waals surface area contributed by atoms with Gasteiger partial charge < -0.3 is 10.0 Å². The molecule has 1 aromatic heterocycles. The fraction of sp³-hybridized carbons (Fsp3) is 0.667. The number of aliphatic hydroxyl groups excluding tert-OH is 1. The van der Waals surface area contributed by atoms with Crippen LogP contribution >= 0.6 is 0 Å². The van der Waals surface area contributed by atoms with Crippen LogP contribution in [0.1, 0.15) is 31.2 Å². The first-order valence-electron chi connectivity index (χ1n) is 5.85. The van der Waals surface area contributed by atoms with Gasteiger partial charge in [0.2, 0.25) is 0 Å². The van der Waals surface area contributed by atoms with E-state index in [2.05, 4.69) is 21.8 Å². The van der Waals surface area contributed by atoms with E-state index in [1.54, 1.807) is 6.20 Å². The Balaban J connectivity index is 2.78. The van der Waals surface area contributed by atoms with Gasteiger partial charge in [-0.3, -0.25) is 4.98 Å². The van der Waals surface area contributed by atoms with Gasteiger partial charge in [-0.2, -0.15) is 0 Å². The summed E-state index contributed by atoms with van der Waals surface area (Å²) in [5.74, 6) is 0.866. The first-order valence-corrected chi connectivity index (χ1v) is 5.85. The van der Waals surface area contributed by atoms with Crippen LogP contribution in [0.3, 0.4) is 0 Å². The molecular weight excluding hydrogens is 202 g/mol. The van der Waals surface area contributed by atoms with Crippen LogP contribution in [0.25, 0.3) is 0 Å². The van der Waals surface area contributed by atoms with Gasteiger partial charge in [0.1, 0.15) is 5.82 Å². The predicted molar refractivity (Wildman–Crippen MR) is 65.7 cm³/mol. The van der Waals surface area contributed by atoms with Gasteiger partial charge in [0.15, 0.2) is 0 Å². The van der Waals surface area contributed by atoms with Crippen molar-refractivity contribution in [3.8, 4) is 0 Å². The first kappa shape index (κ1) is 12.9. The largest absolute Gasteiger partial charge is 0.395 e. The summed E-state index contributed by atoms with van der Waals surface area (Å²) in [7, 11) is 0. The Labute approximate surface area is 97.3 Å². The lowest BCUT2D eigenvalue weighted by atomic mass is 10.3. The molecule has 0 aliphatic rings. The highest BCUT2D eigenvalue weighted by Crippen LogP contribution is 2.12. The summed E-state index contributed by atoms with van der Waals surface area (Å²) in [4.78, 5) is 10.9. The second-order valence-corrected chi connectivity index (χ2v) is 3.96. The molecule has 0 radical (unpaired) electrons. The van der Waals surface area contributed by atoms with Crippen molar-refractivity contribution in [1.29, 1.82) is 0 Å². The van der Waals surface area contributed by atoms with Gasteiger partial charge in [-0.05, 0) is 20.3 Å². The third-order valence-corrected chi connectivity index (χ3v) is 2.66. The molecule has 0 saturated carbocycles. The van der Waals surface area contributed by atoms with Crippen molar-refractivity contribution in [1.82, 2.24) is 9.97 Å². The Morgan fingerprint density at radius 3 is 2.56 bits per heavy atom. The SMILES string of the molecule is CCCCN(CCO)c1cnc(C)c(C)n1. The molecule has 0 fully saturated rings. The van der Waals surface area contributed by atoms with Crippen LogP contribution in [-0.4, -0.2) is 34.8 Å². The smallest absolute Gasteiger partial charge is 0.147 e. The molecule has 1 N–H and O–H groups in total. The van der Waals surface area contributed by atoms with Crippen molar-refractivity contribution in [3.63, 3.8) is 0 Å². The molecule has 1 aromatic rings. The molecule has 4 nitrogen and oxygen atoms in total. The molecule has 1 heterocycles. The molecule has 4 heteroatoms. The minimum Gasteiger partial charge on any atom is -0.395 e. The Hall–Kier alpha value is -1.16. The maximum atomic E-state index is 9.03. The molecule has 1 rings (SSSR count). The molecule has 0 aromatic carbocycles. The summed E-state index contributed by atoms with van der Waals surface area (Å²) in [5, 5.41) is 9.03. The Bertz CT molecular complexity index is 328. The van der Waals surface area contributed by atoms with E-state index >= 15 is 0 Å². The minimum atomic E-state index is 0.151. The third kappa shape index (κ3) is 3.45. The highest BCUT2D eigenvalue weighted by molar-refractivity contribution is 5.37. The summed E-state index contributed by atoms with van der Waals surface area (Å²) >= 11 is 0. The van der Waals surface area contributed by atoms with Gasteiger partial charge in [-0.15, -0.1) is 0 Å². The molecule has 0 saturated heterocycles. The van der Waals surface area contributed by atoms with Crippen molar-refractivity contribution in [2.45, 2.75) is 33.6 Å². The van der Waals surface area contributed by atoms with Crippen LogP contribution < -0.4 is 4.90 Å². The van der Waals surface area contributed by atoms with E-state index in [0.717, 1.165) is 36.6 Å². The van der Waals surface area contributed by atoms with Crippen LogP contribution in [0.4, 0.5) is 5.82 Å². The predicted octanol–water partition coefficient (Wildman–Crippen LogP) is 1.69. The normalized spacial score (nSPS) is 10.5. The fourth-order valence-corrected chi connectivity index (χ4v) is 1.49. The van der Waals surface area contributed by atoms with Crippen molar-refractivity contribution in [3.05, 3.63) is 17.6 Å². The Morgan fingerprint density at radius 2 is 2.00 bits per heavy atom. The number of nitrogens with zero attached hydrogens (tertiary/aromatic N) is 3. The highest BCUT2D eigenvalue weighted by Gasteiger charge is 2.08. The van der Waals surface area contributed by atoms with E-state index in [0.29, 0.717) is 6.54 Å². The number of rotatable bonds is 6. The van der Waals surface area contributed by atoms with Crippen LogP contribution in [0.15, 0.2) is 6.20 Å². The molecule has 90 valence electrons. The van der Waals surface area contributed by atoms with Crippen molar-refractivity contribution < 1.29 is 5.11 Å². The zero-order chi connectivity index (χ0) is 12.0. The number of aromatic nitrogens is 2. The van der Waals surface area contributed by atoms with Crippen LogP contribution in [-0.2, 0) is 0 Å². The van der Waals surface area contributed by atoms with E-state index in [4.69, 9.17) is 5.11 Å². The van der Waals surface area contributed by atoms with Crippen LogP contribution in [0.2, 0.25) is 0 Å². The molecule has 0 aliphatic heterocycles. The van der Waals surface area contributed by atoms with Gasteiger partial charge in [-0.25, -0.2) is 4.98 Å². The van der Waals surface area contributed by atoms with Crippen molar-refractivity contribution in [2.24, 2.45) is 0 Å². The zero-order valence-electron chi connectivity index (χ0n) is 10.4. The van der Waals surface area contributed by atoms with Crippen LogP contribution in [0.5, 0.6) is 0 Å². The third-order valence-electron chi connectivity index (χ3n) is 2.66. The van der Waals surface area contributed by atoms with Crippen LogP contribution in [0, 0.1) is 13.8 Å². The maximum Gasteiger partial charge on any atom is 0.147 e. The maximum absolute atomic E-state index is 9.03. The standard InChI is InChI=1S/C12H21N3O/c1-4-5-6-15(7-8-16)12-9-13-10(2)11(3)14-12/h9,16H,4-8H2,1-3H3. The topological polar surface area (TPSA) is 49.2 Å². The Kier molecular flexibility index (Phi) is 5.19. The fourth-order valence-electron chi connectivity index (χ4n) is 1.49. The van der Waals surface area contributed by atoms with E-state index in [1.807, 2.05) is 13.8 Å². The summed E-state index contributed by atoms with van der Waals surface area (Å²) in [6.07, 6.45) is 4.03. The lowest BCUT2D eigenvalue weighted by Gasteiger charge is -2.22. The molecule has 0 amide bonds. The molecule has 0 atom stereocenters. The minimum absolute atomic E-state index is 0.151. The lowest BCUT2D eigenvalue weighted by molar-refractivity contribution is 0.301. The van der Waals surface area contributed by atoms with Gasteiger partial charge in [0.25, 0.3) is 0 Å². The molecule has 0 spiro atoms. The summed E-state index contributed by atoms with van der Waals surface area (Å²) in [6.45, 7) is 7.77. The van der Waals surface area contributed by atoms with Crippen molar-refractivity contribution >= 4 is 5.82 Å². The number of aryl methyl sites for hydroxylation is 2. The molecular formula is C12H21N3O. The van der Waals surface area contributed by atoms with Crippen molar-refractivity contribution in [2.75, 3.05) is 24.6 Å². The summed E-state index contributed by atoms with van der Waals surface area (Å²) in [6, 6.07) is 0. The Morgan fingerprint density at radius 1 is 1.25 bits per heavy atom. The van der Waals surface area contributed by atoms with Gasteiger partial charge >= 0.3 is 0 Å². The average molecular weight is 223 g/mol. The van der Waals surface area contributed by atoms with Gasteiger partial charge in [-0.1, -0.05) is 13.3 Å². The zero-order valence-corrected chi connectivity index (χ0v) is 10.4. The molecule has 0 unspecified atom stereocenters. The number of anilines is 1. The molecule has 16 heavy (non-hydrogen) atoms. The monoisotopic (exact) mass is 223 g/mol. The number of aliphatic hydroxyl groups is 1. The van der Waals surface area contributed by atoms with Gasteiger partial charge in [0, 0.05) is 13.1 Å². The molecule has 0 aliphatic carbocycles. The highest BCUT2D eigenvalue weighted by atomic mass is 16.3. The quantitative estimate of drug-likeness (QED) is 0.797. The summed E-state index contributed by atoms with van der Waals surface area (Å²) in [5.41, 5.74) is 1.92. The van der Waals surface area contributed by atoms with E-state index in [1.165, 1.54) is 0 Å². The summed E-state index contributed by atoms with van der Waals surface area (Å²) < 4.78 is 0. The number of hydrogen-bond donors (Lipinski definition) is 1.